The first kappa shape index (κ1) is 17.8. The molecule has 1 aromatic heterocycles. The van der Waals surface area contributed by atoms with Gasteiger partial charge in [0.2, 0.25) is 0 Å². The Hall–Kier alpha value is -2.60. The number of aromatic nitrogens is 2. The zero-order chi connectivity index (χ0) is 18.8. The van der Waals surface area contributed by atoms with E-state index < -0.39 is 11.6 Å². The SMILES string of the molecule is Fc1ccccc1CN1CCC[C@H](c2[nH]ncc2-c2c(F)cccc2F)C1. The van der Waals surface area contributed by atoms with Crippen molar-refractivity contribution < 1.29 is 13.2 Å². The molecule has 0 unspecified atom stereocenters. The number of H-pyrrole nitrogens is 1. The first-order valence-electron chi connectivity index (χ1n) is 9.07. The number of hydrogen-bond acceptors (Lipinski definition) is 2. The van der Waals surface area contributed by atoms with Crippen LogP contribution in [0.4, 0.5) is 13.2 Å². The lowest BCUT2D eigenvalue weighted by Gasteiger charge is -2.32. The predicted molar refractivity (Wildman–Crippen MR) is 97.6 cm³/mol. The molecule has 2 heterocycles. The van der Waals surface area contributed by atoms with Gasteiger partial charge in [-0.1, -0.05) is 24.3 Å². The summed E-state index contributed by atoms with van der Waals surface area (Å²) in [5.74, 6) is -1.36. The van der Waals surface area contributed by atoms with Crippen molar-refractivity contribution in [1.29, 1.82) is 0 Å². The summed E-state index contributed by atoms with van der Waals surface area (Å²) in [5, 5.41) is 6.98. The van der Waals surface area contributed by atoms with Gasteiger partial charge < -0.3 is 0 Å². The Morgan fingerprint density at radius 2 is 1.74 bits per heavy atom. The van der Waals surface area contributed by atoms with Crippen LogP contribution in [0.1, 0.15) is 30.0 Å². The van der Waals surface area contributed by atoms with Crippen LogP contribution in [0.5, 0.6) is 0 Å². The van der Waals surface area contributed by atoms with Gasteiger partial charge in [-0.25, -0.2) is 13.2 Å². The molecule has 1 fully saturated rings. The second-order valence-corrected chi connectivity index (χ2v) is 6.96. The zero-order valence-electron chi connectivity index (χ0n) is 14.8. The average Bonchev–Trinajstić information content (AvgIpc) is 3.13. The lowest BCUT2D eigenvalue weighted by Crippen LogP contribution is -2.34. The Morgan fingerprint density at radius 1 is 1.00 bits per heavy atom. The van der Waals surface area contributed by atoms with Crippen LogP contribution in [0.15, 0.2) is 48.7 Å². The summed E-state index contributed by atoms with van der Waals surface area (Å²) < 4.78 is 42.4. The highest BCUT2D eigenvalue weighted by molar-refractivity contribution is 5.67. The average molecular weight is 371 g/mol. The van der Waals surface area contributed by atoms with Gasteiger partial charge >= 0.3 is 0 Å². The van der Waals surface area contributed by atoms with E-state index in [1.165, 1.54) is 30.5 Å². The lowest BCUT2D eigenvalue weighted by atomic mass is 9.90. The van der Waals surface area contributed by atoms with Crippen molar-refractivity contribution in [2.45, 2.75) is 25.3 Å². The molecule has 3 nitrogen and oxygen atoms in total. The van der Waals surface area contributed by atoms with Crippen molar-refractivity contribution in [3.8, 4) is 11.1 Å². The van der Waals surface area contributed by atoms with Gasteiger partial charge in [0.15, 0.2) is 0 Å². The van der Waals surface area contributed by atoms with Crippen LogP contribution in [-0.2, 0) is 6.54 Å². The van der Waals surface area contributed by atoms with Crippen LogP contribution in [0.3, 0.4) is 0 Å². The largest absolute Gasteiger partial charge is 0.298 e. The quantitative estimate of drug-likeness (QED) is 0.709. The summed E-state index contributed by atoms with van der Waals surface area (Å²) in [6, 6.07) is 10.6. The van der Waals surface area contributed by atoms with Gasteiger partial charge in [-0.3, -0.25) is 10.00 Å². The fraction of sp³-hybridized carbons (Fsp3) is 0.286. The smallest absolute Gasteiger partial charge is 0.134 e. The maximum absolute atomic E-state index is 14.2. The van der Waals surface area contributed by atoms with Gasteiger partial charge in [0.25, 0.3) is 0 Å². The molecule has 1 atom stereocenters. The van der Waals surface area contributed by atoms with E-state index in [0.717, 1.165) is 25.1 Å². The van der Waals surface area contributed by atoms with Gasteiger partial charge in [-0.05, 0) is 37.6 Å². The first-order valence-corrected chi connectivity index (χ1v) is 9.07. The Morgan fingerprint density at radius 3 is 2.52 bits per heavy atom. The molecule has 0 amide bonds. The molecule has 0 radical (unpaired) electrons. The molecular formula is C21H20F3N3. The maximum Gasteiger partial charge on any atom is 0.134 e. The molecule has 4 rings (SSSR count). The second-order valence-electron chi connectivity index (χ2n) is 6.96. The van der Waals surface area contributed by atoms with E-state index in [1.54, 1.807) is 12.1 Å². The monoisotopic (exact) mass is 371 g/mol. The van der Waals surface area contributed by atoms with Crippen LogP contribution in [0.25, 0.3) is 11.1 Å². The normalized spacial score (nSPS) is 18.0. The van der Waals surface area contributed by atoms with Gasteiger partial charge in [0, 0.05) is 35.8 Å². The van der Waals surface area contributed by atoms with E-state index in [0.29, 0.717) is 24.2 Å². The molecule has 0 spiro atoms. The third-order valence-corrected chi connectivity index (χ3v) is 5.17. The van der Waals surface area contributed by atoms with E-state index in [-0.39, 0.29) is 17.3 Å². The molecule has 1 N–H and O–H groups in total. The minimum Gasteiger partial charge on any atom is -0.298 e. The van der Waals surface area contributed by atoms with Crippen molar-refractivity contribution in [3.05, 3.63) is 77.4 Å². The van der Waals surface area contributed by atoms with Crippen molar-refractivity contribution in [2.24, 2.45) is 0 Å². The second kappa shape index (κ2) is 7.56. The molecule has 6 heteroatoms. The Balaban J connectivity index is 1.58. The molecule has 0 aliphatic carbocycles. The maximum atomic E-state index is 14.2. The van der Waals surface area contributed by atoms with Gasteiger partial charge in [-0.15, -0.1) is 0 Å². The predicted octanol–water partition coefficient (Wildman–Crippen LogP) is 4.87. The number of nitrogens with one attached hydrogen (secondary N) is 1. The summed E-state index contributed by atoms with van der Waals surface area (Å²) >= 11 is 0. The van der Waals surface area contributed by atoms with Crippen molar-refractivity contribution in [3.63, 3.8) is 0 Å². The Labute approximate surface area is 155 Å². The summed E-state index contributed by atoms with van der Waals surface area (Å²) in [4.78, 5) is 2.18. The first-order chi connectivity index (χ1) is 13.1. The van der Waals surface area contributed by atoms with Gasteiger partial charge in [0.1, 0.15) is 17.5 Å². The molecule has 1 aliphatic heterocycles. The number of rotatable bonds is 4. The standard InChI is InChI=1S/C21H20F3N3/c22-17-7-2-1-5-14(17)12-27-10-4-6-15(13-27)21-16(11-25-26-21)20-18(23)8-3-9-19(20)24/h1-3,5,7-9,11,15H,4,6,10,12-13H2,(H,25,26)/t15-/m0/s1. The van der Waals surface area contributed by atoms with E-state index in [1.807, 2.05) is 6.07 Å². The van der Waals surface area contributed by atoms with E-state index in [4.69, 9.17) is 0 Å². The fourth-order valence-corrected chi connectivity index (χ4v) is 3.86. The molecule has 1 aliphatic rings. The number of likely N-dealkylation sites (tertiary alicyclic amines) is 1. The zero-order valence-corrected chi connectivity index (χ0v) is 14.8. The topological polar surface area (TPSA) is 31.9 Å². The molecule has 1 saturated heterocycles. The summed E-state index contributed by atoms with van der Waals surface area (Å²) in [6.45, 7) is 2.06. The summed E-state index contributed by atoms with van der Waals surface area (Å²) in [5.41, 5.74) is 1.80. The summed E-state index contributed by atoms with van der Waals surface area (Å²) in [7, 11) is 0. The molecule has 0 bridgehead atoms. The number of hydrogen-bond donors (Lipinski definition) is 1. The van der Waals surface area contributed by atoms with Crippen molar-refractivity contribution in [1.82, 2.24) is 15.1 Å². The molecular weight excluding hydrogens is 351 g/mol. The van der Waals surface area contributed by atoms with E-state index in [9.17, 15) is 13.2 Å². The number of benzene rings is 2. The van der Waals surface area contributed by atoms with E-state index in [2.05, 4.69) is 15.1 Å². The Bertz CT molecular complexity index is 918. The number of piperidine rings is 1. The van der Waals surface area contributed by atoms with Gasteiger partial charge in [-0.2, -0.15) is 5.10 Å². The van der Waals surface area contributed by atoms with Crippen LogP contribution < -0.4 is 0 Å². The number of halogens is 3. The van der Waals surface area contributed by atoms with Crippen molar-refractivity contribution in [2.75, 3.05) is 13.1 Å². The van der Waals surface area contributed by atoms with Crippen LogP contribution >= 0.6 is 0 Å². The van der Waals surface area contributed by atoms with Crippen LogP contribution in [0, 0.1) is 17.5 Å². The highest BCUT2D eigenvalue weighted by atomic mass is 19.1. The molecule has 0 saturated carbocycles. The third kappa shape index (κ3) is 3.62. The Kier molecular flexibility index (Phi) is 4.99. The minimum atomic E-state index is -0.600. The minimum absolute atomic E-state index is 0.0486. The highest BCUT2D eigenvalue weighted by Crippen LogP contribution is 2.35. The van der Waals surface area contributed by atoms with Gasteiger partial charge in [0.05, 0.1) is 11.8 Å². The molecule has 2 aromatic carbocycles. The van der Waals surface area contributed by atoms with Crippen LogP contribution in [0.2, 0.25) is 0 Å². The fourth-order valence-electron chi connectivity index (χ4n) is 3.86. The van der Waals surface area contributed by atoms with Crippen molar-refractivity contribution >= 4 is 0 Å². The highest BCUT2D eigenvalue weighted by Gasteiger charge is 2.27. The van der Waals surface area contributed by atoms with E-state index >= 15 is 0 Å². The number of aromatic amines is 1. The molecule has 140 valence electrons. The molecule has 3 aromatic rings. The molecule has 27 heavy (non-hydrogen) atoms. The lowest BCUT2D eigenvalue weighted by molar-refractivity contribution is 0.196. The summed E-state index contributed by atoms with van der Waals surface area (Å²) in [6.07, 6.45) is 3.29. The third-order valence-electron chi connectivity index (χ3n) is 5.17. The number of nitrogens with zero attached hydrogens (tertiary/aromatic N) is 2. The van der Waals surface area contributed by atoms with Crippen LogP contribution in [-0.4, -0.2) is 28.2 Å².